The first-order chi connectivity index (χ1) is 10.6. The quantitative estimate of drug-likeness (QED) is 0.737. The van der Waals surface area contributed by atoms with Gasteiger partial charge in [0.05, 0.1) is 22.4 Å². The fourth-order valence-corrected chi connectivity index (χ4v) is 2.50. The minimum Gasteiger partial charge on any atom is -0.299 e. The molecule has 2 aromatic carbocycles. The molecule has 0 spiro atoms. The number of fused-ring (bicyclic) bond motifs is 1. The monoisotopic (exact) mass is 290 g/mol. The van der Waals surface area contributed by atoms with E-state index in [1.165, 1.54) is 0 Å². The first-order valence-electron chi connectivity index (χ1n) is 7.41. The Hall–Kier alpha value is -2.55. The number of hydrogen-bond donors (Lipinski definition) is 0. The van der Waals surface area contributed by atoms with E-state index in [0.717, 1.165) is 33.5 Å². The molecule has 3 heteroatoms. The summed E-state index contributed by atoms with van der Waals surface area (Å²) in [5.74, 6) is 0.211. The van der Waals surface area contributed by atoms with Gasteiger partial charge in [-0.1, -0.05) is 36.4 Å². The van der Waals surface area contributed by atoms with Crippen LogP contribution >= 0.6 is 0 Å². The maximum atomic E-state index is 12.2. The standard InChI is InChI=1S/C19H18N2O/c1-13-14(2)21-19-12-16(8-9-18(19)20-13)11-17(22)10-15-6-4-3-5-7-15/h3-9,12H,10-11H2,1-2H3. The second-order valence-electron chi connectivity index (χ2n) is 5.60. The third-order valence-electron chi connectivity index (χ3n) is 3.79. The minimum absolute atomic E-state index is 0.211. The van der Waals surface area contributed by atoms with Crippen molar-refractivity contribution in [3.8, 4) is 0 Å². The van der Waals surface area contributed by atoms with Gasteiger partial charge in [0, 0.05) is 12.8 Å². The molecular weight excluding hydrogens is 272 g/mol. The van der Waals surface area contributed by atoms with E-state index in [4.69, 9.17) is 0 Å². The Morgan fingerprint density at radius 1 is 0.818 bits per heavy atom. The summed E-state index contributed by atoms with van der Waals surface area (Å²) < 4.78 is 0. The van der Waals surface area contributed by atoms with Crippen LogP contribution in [-0.4, -0.2) is 15.8 Å². The highest BCUT2D eigenvalue weighted by Gasteiger charge is 2.07. The predicted molar refractivity (Wildman–Crippen MR) is 87.9 cm³/mol. The fraction of sp³-hybridized carbons (Fsp3) is 0.211. The van der Waals surface area contributed by atoms with Gasteiger partial charge in [-0.05, 0) is 37.1 Å². The molecule has 3 nitrogen and oxygen atoms in total. The van der Waals surface area contributed by atoms with Crippen LogP contribution in [0.4, 0.5) is 0 Å². The van der Waals surface area contributed by atoms with Gasteiger partial charge in [-0.15, -0.1) is 0 Å². The van der Waals surface area contributed by atoms with E-state index in [9.17, 15) is 4.79 Å². The summed E-state index contributed by atoms with van der Waals surface area (Å²) in [7, 11) is 0. The molecule has 0 unspecified atom stereocenters. The number of carbonyl (C=O) groups is 1. The highest BCUT2D eigenvalue weighted by Crippen LogP contribution is 2.15. The van der Waals surface area contributed by atoms with Gasteiger partial charge in [0.25, 0.3) is 0 Å². The number of aryl methyl sites for hydroxylation is 2. The van der Waals surface area contributed by atoms with Crippen molar-refractivity contribution in [2.75, 3.05) is 0 Å². The van der Waals surface area contributed by atoms with Crippen molar-refractivity contribution in [3.63, 3.8) is 0 Å². The number of carbonyl (C=O) groups excluding carboxylic acids is 1. The zero-order chi connectivity index (χ0) is 15.5. The summed E-state index contributed by atoms with van der Waals surface area (Å²) in [6.45, 7) is 3.91. The highest BCUT2D eigenvalue weighted by molar-refractivity contribution is 5.84. The Bertz CT molecular complexity index is 825. The van der Waals surface area contributed by atoms with Gasteiger partial charge >= 0.3 is 0 Å². The van der Waals surface area contributed by atoms with Crippen molar-refractivity contribution in [1.82, 2.24) is 9.97 Å². The number of Topliss-reactive ketones (excluding diaryl/α,β-unsaturated/α-hetero) is 1. The smallest absolute Gasteiger partial charge is 0.141 e. The van der Waals surface area contributed by atoms with Crippen molar-refractivity contribution in [2.24, 2.45) is 0 Å². The van der Waals surface area contributed by atoms with Gasteiger partial charge in [0.2, 0.25) is 0 Å². The highest BCUT2D eigenvalue weighted by atomic mass is 16.1. The molecule has 3 rings (SSSR count). The van der Waals surface area contributed by atoms with Crippen molar-refractivity contribution < 1.29 is 4.79 Å². The van der Waals surface area contributed by atoms with Crippen LogP contribution in [0.3, 0.4) is 0 Å². The van der Waals surface area contributed by atoms with Crippen LogP contribution in [0.15, 0.2) is 48.5 Å². The Morgan fingerprint density at radius 2 is 1.45 bits per heavy atom. The van der Waals surface area contributed by atoms with Gasteiger partial charge in [-0.2, -0.15) is 0 Å². The van der Waals surface area contributed by atoms with E-state index in [1.54, 1.807) is 0 Å². The topological polar surface area (TPSA) is 42.9 Å². The summed E-state index contributed by atoms with van der Waals surface area (Å²) in [4.78, 5) is 21.3. The molecule has 0 fully saturated rings. The third kappa shape index (κ3) is 3.19. The molecule has 0 atom stereocenters. The maximum Gasteiger partial charge on any atom is 0.141 e. The molecule has 0 amide bonds. The SMILES string of the molecule is Cc1nc2ccc(CC(=O)Cc3ccccc3)cc2nc1C. The maximum absolute atomic E-state index is 12.2. The molecule has 0 radical (unpaired) electrons. The van der Waals surface area contributed by atoms with Crippen LogP contribution in [0, 0.1) is 13.8 Å². The lowest BCUT2D eigenvalue weighted by Gasteiger charge is -2.05. The molecular formula is C19H18N2O. The normalized spacial score (nSPS) is 10.8. The number of hydrogen-bond acceptors (Lipinski definition) is 3. The van der Waals surface area contributed by atoms with E-state index >= 15 is 0 Å². The third-order valence-corrected chi connectivity index (χ3v) is 3.79. The van der Waals surface area contributed by atoms with E-state index in [1.807, 2.05) is 62.4 Å². The average Bonchev–Trinajstić information content (AvgIpc) is 2.49. The molecule has 3 aromatic rings. The number of nitrogens with zero attached hydrogens (tertiary/aromatic N) is 2. The van der Waals surface area contributed by atoms with Gasteiger partial charge in [0.15, 0.2) is 0 Å². The Morgan fingerprint density at radius 3 is 2.18 bits per heavy atom. The molecule has 1 heterocycles. The zero-order valence-electron chi connectivity index (χ0n) is 12.8. The summed E-state index contributed by atoms with van der Waals surface area (Å²) in [6.07, 6.45) is 0.900. The molecule has 1 aromatic heterocycles. The van der Waals surface area contributed by atoms with Crippen molar-refractivity contribution >= 4 is 16.8 Å². The van der Waals surface area contributed by atoms with E-state index < -0.39 is 0 Å². The minimum atomic E-state index is 0.211. The number of ketones is 1. The first-order valence-corrected chi connectivity index (χ1v) is 7.41. The Balaban J connectivity index is 1.79. The van der Waals surface area contributed by atoms with E-state index in [0.29, 0.717) is 12.8 Å². The van der Waals surface area contributed by atoms with Crippen molar-refractivity contribution in [3.05, 3.63) is 71.0 Å². The molecule has 0 aliphatic carbocycles. The van der Waals surface area contributed by atoms with E-state index in [-0.39, 0.29) is 5.78 Å². The van der Waals surface area contributed by atoms with Gasteiger partial charge in [-0.3, -0.25) is 4.79 Å². The van der Waals surface area contributed by atoms with Gasteiger partial charge < -0.3 is 0 Å². The predicted octanol–water partition coefficient (Wildman–Crippen LogP) is 3.60. The van der Waals surface area contributed by atoms with E-state index in [2.05, 4.69) is 9.97 Å². The average molecular weight is 290 g/mol. The summed E-state index contributed by atoms with van der Waals surface area (Å²) in [5, 5.41) is 0. The lowest BCUT2D eigenvalue weighted by atomic mass is 10.0. The van der Waals surface area contributed by atoms with Crippen LogP contribution in [0.5, 0.6) is 0 Å². The van der Waals surface area contributed by atoms with Crippen LogP contribution in [0.1, 0.15) is 22.5 Å². The Kier molecular flexibility index (Phi) is 3.96. The molecule has 0 aliphatic heterocycles. The lowest BCUT2D eigenvalue weighted by molar-refractivity contribution is -0.117. The fourth-order valence-electron chi connectivity index (χ4n) is 2.50. The van der Waals surface area contributed by atoms with Crippen LogP contribution in [0.2, 0.25) is 0 Å². The summed E-state index contributed by atoms with van der Waals surface area (Å²) in [5.41, 5.74) is 5.65. The number of aromatic nitrogens is 2. The Labute approximate surface area is 130 Å². The largest absolute Gasteiger partial charge is 0.299 e. The lowest BCUT2D eigenvalue weighted by Crippen LogP contribution is -2.06. The second-order valence-corrected chi connectivity index (χ2v) is 5.60. The molecule has 110 valence electrons. The molecule has 0 saturated carbocycles. The number of benzene rings is 2. The second kappa shape index (κ2) is 6.06. The van der Waals surface area contributed by atoms with Gasteiger partial charge in [-0.25, -0.2) is 9.97 Å². The van der Waals surface area contributed by atoms with Crippen LogP contribution in [0.25, 0.3) is 11.0 Å². The summed E-state index contributed by atoms with van der Waals surface area (Å²) in [6, 6.07) is 15.7. The molecule has 0 bridgehead atoms. The molecule has 0 aliphatic rings. The summed E-state index contributed by atoms with van der Waals surface area (Å²) >= 11 is 0. The van der Waals surface area contributed by atoms with Crippen molar-refractivity contribution in [2.45, 2.75) is 26.7 Å². The zero-order valence-corrected chi connectivity index (χ0v) is 12.8. The molecule has 0 saturated heterocycles. The number of rotatable bonds is 4. The van der Waals surface area contributed by atoms with Crippen LogP contribution < -0.4 is 0 Å². The van der Waals surface area contributed by atoms with Gasteiger partial charge in [0.1, 0.15) is 5.78 Å². The molecule has 0 N–H and O–H groups in total. The first kappa shape index (κ1) is 14.4. The molecule has 22 heavy (non-hydrogen) atoms. The van der Waals surface area contributed by atoms with Crippen molar-refractivity contribution in [1.29, 1.82) is 0 Å². The van der Waals surface area contributed by atoms with Crippen LogP contribution in [-0.2, 0) is 17.6 Å².